The molecule has 1 saturated heterocycles. The summed E-state index contributed by atoms with van der Waals surface area (Å²) < 4.78 is 10.5. The van der Waals surface area contributed by atoms with Crippen LogP contribution >= 0.6 is 0 Å². The minimum Gasteiger partial charge on any atom is -0.469 e. The highest BCUT2D eigenvalue weighted by molar-refractivity contribution is 5.68. The number of ether oxygens (including phenoxy) is 2. The van der Waals surface area contributed by atoms with Gasteiger partial charge < -0.3 is 9.47 Å². The largest absolute Gasteiger partial charge is 0.469 e. The molecule has 2 atom stereocenters. The van der Waals surface area contributed by atoms with Crippen LogP contribution in [-0.2, 0) is 14.3 Å². The summed E-state index contributed by atoms with van der Waals surface area (Å²) in [5, 5.41) is 3.51. The van der Waals surface area contributed by atoms with Gasteiger partial charge >= 0.3 is 5.97 Å². The molecule has 1 fully saturated rings. The molecule has 0 aromatic heterocycles. The number of hydrogen-bond acceptors (Lipinski definition) is 4. The molecule has 4 nitrogen and oxygen atoms in total. The molecule has 1 aliphatic heterocycles. The summed E-state index contributed by atoms with van der Waals surface area (Å²) in [4.78, 5) is 11.0. The second kappa shape index (κ2) is 14.7. The molecule has 0 spiro atoms. The van der Waals surface area contributed by atoms with Crippen molar-refractivity contribution in [1.82, 2.24) is 5.32 Å². The average molecular weight is 342 g/mol. The number of carbonyl (C=O) groups excluding carboxylic acids is 1. The molecule has 4 heteroatoms. The molecule has 1 N–H and O–H groups in total. The van der Waals surface area contributed by atoms with Gasteiger partial charge in [-0.05, 0) is 19.3 Å². The molecule has 1 heterocycles. The zero-order chi connectivity index (χ0) is 17.5. The van der Waals surface area contributed by atoms with Crippen LogP contribution in [0.25, 0.3) is 0 Å². The highest BCUT2D eigenvalue weighted by Gasteiger charge is 2.26. The smallest absolute Gasteiger partial charge is 0.305 e. The Morgan fingerprint density at radius 3 is 2.29 bits per heavy atom. The second-order valence-electron chi connectivity index (χ2n) is 7.10. The summed E-state index contributed by atoms with van der Waals surface area (Å²) in [5.74, 6) is -0.0835. The minimum atomic E-state index is -0.0835. The minimum absolute atomic E-state index is 0.0835. The normalized spacial score (nSPS) is 20.4. The molecule has 24 heavy (non-hydrogen) atoms. The van der Waals surface area contributed by atoms with Gasteiger partial charge in [0.15, 0.2) is 0 Å². The third-order valence-corrected chi connectivity index (χ3v) is 5.06. The molecular formula is C20H39NO3. The van der Waals surface area contributed by atoms with Gasteiger partial charge in [-0.25, -0.2) is 0 Å². The van der Waals surface area contributed by atoms with E-state index < -0.39 is 0 Å². The third kappa shape index (κ3) is 10.3. The molecule has 0 saturated carbocycles. The van der Waals surface area contributed by atoms with Crippen LogP contribution < -0.4 is 5.32 Å². The molecule has 1 rings (SSSR count). The fourth-order valence-corrected chi connectivity index (χ4v) is 3.47. The van der Waals surface area contributed by atoms with E-state index in [-0.39, 0.29) is 5.97 Å². The number of rotatable bonds is 15. The maximum atomic E-state index is 11.0. The van der Waals surface area contributed by atoms with Gasteiger partial charge in [0.05, 0.1) is 19.9 Å². The van der Waals surface area contributed by atoms with E-state index in [1.165, 1.54) is 77.7 Å². The lowest BCUT2D eigenvalue weighted by atomic mass is 9.98. The van der Waals surface area contributed by atoms with Crippen LogP contribution in [0.5, 0.6) is 0 Å². The third-order valence-electron chi connectivity index (χ3n) is 5.06. The van der Waals surface area contributed by atoms with Crippen molar-refractivity contribution in [2.45, 2.75) is 109 Å². The maximum absolute atomic E-state index is 11.0. The van der Waals surface area contributed by atoms with Crippen LogP contribution in [0.15, 0.2) is 0 Å². The van der Waals surface area contributed by atoms with Gasteiger partial charge in [-0.15, -0.1) is 0 Å². The summed E-state index contributed by atoms with van der Waals surface area (Å²) >= 11 is 0. The lowest BCUT2D eigenvalue weighted by molar-refractivity contribution is -0.140. The Labute approximate surface area is 149 Å². The molecule has 0 amide bonds. The Bertz CT molecular complexity index is 309. The van der Waals surface area contributed by atoms with Crippen molar-refractivity contribution >= 4 is 5.97 Å². The Morgan fingerprint density at radius 2 is 1.58 bits per heavy atom. The lowest BCUT2D eigenvalue weighted by Gasteiger charge is -2.18. The summed E-state index contributed by atoms with van der Waals surface area (Å²) in [6, 6.07) is 0.552. The van der Waals surface area contributed by atoms with Crippen molar-refractivity contribution in [2.75, 3.05) is 13.8 Å². The molecule has 1 aliphatic rings. The second-order valence-corrected chi connectivity index (χ2v) is 7.10. The summed E-state index contributed by atoms with van der Waals surface area (Å²) in [6.45, 7) is 2.99. The van der Waals surface area contributed by atoms with E-state index in [0.717, 1.165) is 19.6 Å². The number of nitrogens with one attached hydrogen (secondary N) is 1. The Balaban J connectivity index is 1.96. The van der Waals surface area contributed by atoms with Gasteiger partial charge in [-0.2, -0.15) is 0 Å². The van der Waals surface area contributed by atoms with E-state index in [1.54, 1.807) is 0 Å². The van der Waals surface area contributed by atoms with Crippen molar-refractivity contribution in [3.05, 3.63) is 0 Å². The molecule has 0 bridgehead atoms. The topological polar surface area (TPSA) is 47.6 Å². The SMILES string of the molecule is CCCCCCCC[C@H]1OCN[C@@H]1CCCCCCCC(=O)OC. The van der Waals surface area contributed by atoms with Crippen molar-refractivity contribution < 1.29 is 14.3 Å². The van der Waals surface area contributed by atoms with Crippen molar-refractivity contribution in [2.24, 2.45) is 0 Å². The molecular weight excluding hydrogens is 302 g/mol. The van der Waals surface area contributed by atoms with Gasteiger partial charge in [0.2, 0.25) is 0 Å². The molecule has 0 aliphatic carbocycles. The van der Waals surface area contributed by atoms with Gasteiger partial charge in [0.25, 0.3) is 0 Å². The summed E-state index contributed by atoms with van der Waals surface area (Å²) in [6.07, 6.45) is 17.4. The van der Waals surface area contributed by atoms with Crippen LogP contribution in [0.3, 0.4) is 0 Å². The Kier molecular flexibility index (Phi) is 13.1. The first-order chi connectivity index (χ1) is 11.8. The number of unbranched alkanes of at least 4 members (excludes halogenated alkanes) is 9. The van der Waals surface area contributed by atoms with Gasteiger partial charge in [-0.1, -0.05) is 71.1 Å². The van der Waals surface area contributed by atoms with E-state index >= 15 is 0 Å². The number of methoxy groups -OCH3 is 1. The van der Waals surface area contributed by atoms with Crippen LogP contribution in [0.2, 0.25) is 0 Å². The zero-order valence-corrected chi connectivity index (χ0v) is 16.0. The fourth-order valence-electron chi connectivity index (χ4n) is 3.47. The monoisotopic (exact) mass is 341 g/mol. The van der Waals surface area contributed by atoms with Gasteiger partial charge in [0, 0.05) is 12.5 Å². The van der Waals surface area contributed by atoms with Crippen LogP contribution in [0.1, 0.15) is 96.8 Å². The van der Waals surface area contributed by atoms with Crippen molar-refractivity contribution in [3.63, 3.8) is 0 Å². The summed E-state index contributed by atoms with van der Waals surface area (Å²) in [7, 11) is 1.46. The molecule has 0 unspecified atom stereocenters. The van der Waals surface area contributed by atoms with Crippen molar-refractivity contribution in [1.29, 1.82) is 0 Å². The molecule has 142 valence electrons. The van der Waals surface area contributed by atoms with Crippen LogP contribution in [0.4, 0.5) is 0 Å². The van der Waals surface area contributed by atoms with Crippen LogP contribution in [-0.4, -0.2) is 32.0 Å². The molecule has 0 aromatic carbocycles. The van der Waals surface area contributed by atoms with E-state index in [9.17, 15) is 4.79 Å². The predicted octanol–water partition coefficient (Wildman–Crippen LogP) is 4.96. The number of carbonyl (C=O) groups is 1. The number of esters is 1. The first kappa shape index (κ1) is 21.4. The van der Waals surface area contributed by atoms with E-state index in [2.05, 4.69) is 17.0 Å². The van der Waals surface area contributed by atoms with E-state index in [4.69, 9.17) is 4.74 Å². The fraction of sp³-hybridized carbons (Fsp3) is 0.950. The first-order valence-electron chi connectivity index (χ1n) is 10.2. The molecule has 0 aromatic rings. The number of hydrogen-bond donors (Lipinski definition) is 1. The highest BCUT2D eigenvalue weighted by atomic mass is 16.5. The summed E-state index contributed by atoms with van der Waals surface area (Å²) in [5.41, 5.74) is 0. The zero-order valence-electron chi connectivity index (χ0n) is 16.0. The van der Waals surface area contributed by atoms with Gasteiger partial charge in [0.1, 0.15) is 0 Å². The van der Waals surface area contributed by atoms with E-state index in [1.807, 2.05) is 0 Å². The van der Waals surface area contributed by atoms with Gasteiger partial charge in [-0.3, -0.25) is 10.1 Å². The van der Waals surface area contributed by atoms with Crippen LogP contribution in [0, 0.1) is 0 Å². The standard InChI is InChI=1S/C20H39NO3/c1-3-4-5-6-9-12-15-19-18(21-17-24-19)14-11-8-7-10-13-16-20(22)23-2/h18-19,21H,3-17H2,1-2H3/t18-,19-/m1/s1. The quantitative estimate of drug-likeness (QED) is 0.338. The molecule has 0 radical (unpaired) electrons. The Hall–Kier alpha value is -0.610. The first-order valence-corrected chi connectivity index (χ1v) is 10.2. The average Bonchev–Trinajstić information content (AvgIpc) is 3.04. The van der Waals surface area contributed by atoms with E-state index in [0.29, 0.717) is 18.6 Å². The lowest BCUT2D eigenvalue weighted by Crippen LogP contribution is -2.30. The van der Waals surface area contributed by atoms with Crippen molar-refractivity contribution in [3.8, 4) is 0 Å². The Morgan fingerprint density at radius 1 is 0.958 bits per heavy atom. The predicted molar refractivity (Wildman–Crippen MR) is 99.0 cm³/mol. The highest BCUT2D eigenvalue weighted by Crippen LogP contribution is 2.20. The maximum Gasteiger partial charge on any atom is 0.305 e.